The van der Waals surface area contributed by atoms with Crippen molar-refractivity contribution in [2.24, 2.45) is 5.92 Å². The van der Waals surface area contributed by atoms with Gasteiger partial charge in [-0.2, -0.15) is 13.2 Å². The maximum atomic E-state index is 13.0. The molecule has 1 fully saturated rings. The average Bonchev–Trinajstić information content (AvgIpc) is 3.07. The molecular weight excluding hydrogens is 425 g/mol. The molecule has 1 aliphatic rings. The van der Waals surface area contributed by atoms with Crippen LogP contribution in [0.5, 0.6) is 0 Å². The van der Waals surface area contributed by atoms with Crippen LogP contribution in [0, 0.1) is 5.92 Å². The fraction of sp³-hybridized carbons (Fsp3) is 0.250. The minimum Gasteiger partial charge on any atom is -0.455 e. The van der Waals surface area contributed by atoms with Gasteiger partial charge in [0.05, 0.1) is 27.9 Å². The maximum absolute atomic E-state index is 13.0. The average molecular weight is 441 g/mol. The molecule has 0 saturated carbocycles. The highest BCUT2D eigenvalue weighted by atomic mass is 35.5. The number of rotatable bonds is 5. The highest BCUT2D eigenvalue weighted by Gasteiger charge is 2.37. The zero-order valence-electron chi connectivity index (χ0n) is 15.4. The third-order valence-corrected chi connectivity index (χ3v) is 4.77. The monoisotopic (exact) mass is 440 g/mol. The van der Waals surface area contributed by atoms with Gasteiger partial charge in [-0.05, 0) is 24.3 Å². The Kier molecular flexibility index (Phi) is 6.31. The molecule has 1 aliphatic heterocycles. The van der Waals surface area contributed by atoms with Crippen molar-refractivity contribution >= 4 is 40.8 Å². The van der Waals surface area contributed by atoms with Crippen LogP contribution in [-0.4, -0.2) is 30.9 Å². The SMILES string of the molecule is O=C(COC(=O)[C@@H]1CC(=O)N(c2ccccc2Cl)C1)Nc1ccccc1C(F)(F)F. The lowest BCUT2D eigenvalue weighted by Crippen LogP contribution is -2.28. The van der Waals surface area contributed by atoms with Crippen LogP contribution in [0.2, 0.25) is 5.02 Å². The second kappa shape index (κ2) is 8.74. The summed E-state index contributed by atoms with van der Waals surface area (Å²) >= 11 is 6.08. The number of carbonyl (C=O) groups is 3. The van der Waals surface area contributed by atoms with E-state index in [1.54, 1.807) is 24.3 Å². The van der Waals surface area contributed by atoms with Crippen LogP contribution in [0.4, 0.5) is 24.5 Å². The number of carbonyl (C=O) groups excluding carboxylic acids is 3. The topological polar surface area (TPSA) is 75.7 Å². The van der Waals surface area contributed by atoms with Crippen molar-refractivity contribution in [3.63, 3.8) is 0 Å². The Balaban J connectivity index is 1.57. The van der Waals surface area contributed by atoms with Gasteiger partial charge in [0.2, 0.25) is 5.91 Å². The first kappa shape index (κ1) is 21.6. The second-order valence-corrected chi connectivity index (χ2v) is 6.96. The minimum absolute atomic E-state index is 0.0277. The van der Waals surface area contributed by atoms with Crippen LogP contribution >= 0.6 is 11.6 Å². The van der Waals surface area contributed by atoms with Gasteiger partial charge in [-0.3, -0.25) is 14.4 Å². The third kappa shape index (κ3) is 4.91. The van der Waals surface area contributed by atoms with Crippen LogP contribution in [0.1, 0.15) is 12.0 Å². The molecular formula is C20H16ClF3N2O4. The van der Waals surface area contributed by atoms with Crippen LogP contribution in [0.3, 0.4) is 0 Å². The first-order valence-electron chi connectivity index (χ1n) is 8.84. The molecule has 158 valence electrons. The molecule has 1 saturated heterocycles. The third-order valence-electron chi connectivity index (χ3n) is 4.45. The highest BCUT2D eigenvalue weighted by Crippen LogP contribution is 2.34. The fourth-order valence-electron chi connectivity index (χ4n) is 3.05. The summed E-state index contributed by atoms with van der Waals surface area (Å²) in [6, 6.07) is 11.1. The molecule has 0 aliphatic carbocycles. The Morgan fingerprint density at radius 2 is 1.80 bits per heavy atom. The summed E-state index contributed by atoms with van der Waals surface area (Å²) in [5.74, 6) is -2.86. The Morgan fingerprint density at radius 3 is 2.50 bits per heavy atom. The van der Waals surface area contributed by atoms with E-state index in [2.05, 4.69) is 5.32 Å². The number of hydrogen-bond acceptors (Lipinski definition) is 4. The Labute approximate surface area is 174 Å². The van der Waals surface area contributed by atoms with Gasteiger partial charge >= 0.3 is 12.1 Å². The lowest BCUT2D eigenvalue weighted by molar-refractivity contribution is -0.151. The minimum atomic E-state index is -4.65. The molecule has 1 atom stereocenters. The molecule has 2 amide bonds. The zero-order chi connectivity index (χ0) is 21.9. The van der Waals surface area contributed by atoms with Crippen molar-refractivity contribution in [1.82, 2.24) is 0 Å². The van der Waals surface area contributed by atoms with Crippen molar-refractivity contribution in [2.75, 3.05) is 23.4 Å². The lowest BCUT2D eigenvalue weighted by atomic mass is 10.1. The van der Waals surface area contributed by atoms with Crippen LogP contribution in [-0.2, 0) is 25.3 Å². The number of ether oxygens (including phenoxy) is 1. The van der Waals surface area contributed by atoms with Crippen molar-refractivity contribution in [3.05, 3.63) is 59.1 Å². The Morgan fingerprint density at radius 1 is 1.13 bits per heavy atom. The van der Waals surface area contributed by atoms with Gasteiger partial charge in [0.15, 0.2) is 6.61 Å². The number of hydrogen-bond donors (Lipinski definition) is 1. The first-order valence-corrected chi connectivity index (χ1v) is 9.22. The number of benzene rings is 2. The van der Waals surface area contributed by atoms with E-state index in [1.165, 1.54) is 17.0 Å². The summed E-state index contributed by atoms with van der Waals surface area (Å²) in [4.78, 5) is 37.8. The van der Waals surface area contributed by atoms with Gasteiger partial charge in [0.25, 0.3) is 5.91 Å². The first-order chi connectivity index (χ1) is 14.2. The fourth-order valence-corrected chi connectivity index (χ4v) is 3.29. The number of halogens is 4. The second-order valence-electron chi connectivity index (χ2n) is 6.56. The molecule has 10 heteroatoms. The number of alkyl halides is 3. The largest absolute Gasteiger partial charge is 0.455 e. The van der Waals surface area contributed by atoms with E-state index in [1.807, 2.05) is 0 Å². The number of esters is 1. The summed E-state index contributed by atoms with van der Waals surface area (Å²) in [5, 5.41) is 2.43. The number of nitrogens with one attached hydrogen (secondary N) is 1. The molecule has 1 N–H and O–H groups in total. The van der Waals surface area contributed by atoms with Crippen molar-refractivity contribution < 1.29 is 32.3 Å². The summed E-state index contributed by atoms with van der Waals surface area (Å²) in [6.45, 7) is -0.748. The predicted molar refractivity (Wildman–Crippen MR) is 103 cm³/mol. The Hall–Kier alpha value is -3.07. The van der Waals surface area contributed by atoms with Gasteiger partial charge < -0.3 is 15.0 Å². The van der Waals surface area contributed by atoms with E-state index in [9.17, 15) is 27.6 Å². The predicted octanol–water partition coefficient (Wildman–Crippen LogP) is 3.89. The molecule has 3 rings (SSSR count). The van der Waals surface area contributed by atoms with E-state index >= 15 is 0 Å². The van der Waals surface area contributed by atoms with Crippen molar-refractivity contribution in [3.8, 4) is 0 Å². The molecule has 0 bridgehead atoms. The molecule has 6 nitrogen and oxygen atoms in total. The van der Waals surface area contributed by atoms with E-state index in [4.69, 9.17) is 16.3 Å². The van der Waals surface area contributed by atoms with E-state index in [0.717, 1.165) is 12.1 Å². The quantitative estimate of drug-likeness (QED) is 0.716. The van der Waals surface area contributed by atoms with E-state index in [-0.39, 0.29) is 18.9 Å². The van der Waals surface area contributed by atoms with Gasteiger partial charge in [-0.1, -0.05) is 35.9 Å². The van der Waals surface area contributed by atoms with Crippen molar-refractivity contribution in [1.29, 1.82) is 0 Å². The number of para-hydroxylation sites is 2. The number of anilines is 2. The van der Waals surface area contributed by atoms with Crippen LogP contribution < -0.4 is 10.2 Å². The summed E-state index contributed by atoms with van der Waals surface area (Å²) in [7, 11) is 0. The van der Waals surface area contributed by atoms with Gasteiger partial charge in [0, 0.05) is 13.0 Å². The molecule has 0 unspecified atom stereocenters. The standard InChI is InChI=1S/C20H16ClF3N2O4/c21-14-6-2-4-8-16(14)26-10-12(9-18(26)28)19(29)30-11-17(27)25-15-7-3-1-5-13(15)20(22,23)24/h1-8,12H,9-11H2,(H,25,27)/t12-/m1/s1. The number of amides is 2. The van der Waals surface area contributed by atoms with E-state index in [0.29, 0.717) is 10.7 Å². The molecule has 2 aromatic rings. The Bertz CT molecular complexity index is 981. The van der Waals surface area contributed by atoms with Gasteiger partial charge in [0.1, 0.15) is 0 Å². The van der Waals surface area contributed by atoms with Gasteiger partial charge in [-0.15, -0.1) is 0 Å². The molecule has 2 aromatic carbocycles. The van der Waals surface area contributed by atoms with E-state index < -0.39 is 41.8 Å². The normalized spacial score (nSPS) is 16.5. The number of nitrogens with zero attached hydrogens (tertiary/aromatic N) is 1. The smallest absolute Gasteiger partial charge is 0.418 e. The lowest BCUT2D eigenvalue weighted by Gasteiger charge is -2.17. The molecule has 30 heavy (non-hydrogen) atoms. The zero-order valence-corrected chi connectivity index (χ0v) is 16.2. The molecule has 0 aromatic heterocycles. The van der Waals surface area contributed by atoms with Crippen LogP contribution in [0.15, 0.2) is 48.5 Å². The summed E-state index contributed by atoms with van der Waals surface area (Å²) in [6.07, 6.45) is -4.77. The molecule has 1 heterocycles. The van der Waals surface area contributed by atoms with Gasteiger partial charge in [-0.25, -0.2) is 0 Å². The van der Waals surface area contributed by atoms with Crippen LogP contribution in [0.25, 0.3) is 0 Å². The molecule has 0 radical (unpaired) electrons. The van der Waals surface area contributed by atoms with Crippen molar-refractivity contribution in [2.45, 2.75) is 12.6 Å². The molecule has 0 spiro atoms. The summed E-state index contributed by atoms with van der Waals surface area (Å²) < 4.78 is 43.8. The summed E-state index contributed by atoms with van der Waals surface area (Å²) in [5.41, 5.74) is -0.991. The maximum Gasteiger partial charge on any atom is 0.418 e. The highest BCUT2D eigenvalue weighted by molar-refractivity contribution is 6.33.